The van der Waals surface area contributed by atoms with E-state index in [4.69, 9.17) is 5.73 Å². The number of Topliss-reactive ketones (excluding diaryl/α,β-unsaturated/α-hetero) is 1. The summed E-state index contributed by atoms with van der Waals surface area (Å²) < 4.78 is 0. The summed E-state index contributed by atoms with van der Waals surface area (Å²) in [7, 11) is 0. The molecule has 10 heavy (non-hydrogen) atoms. The van der Waals surface area contributed by atoms with Gasteiger partial charge in [-0.25, -0.2) is 0 Å². The van der Waals surface area contributed by atoms with Crippen molar-refractivity contribution in [3.8, 4) is 0 Å². The fraction of sp³-hybridized carbons (Fsp3) is 0.875. The predicted octanol–water partition coefficient (Wildman–Crippen LogP) is 1.34. The molecular formula is C8H17NO. The highest BCUT2D eigenvalue weighted by Crippen LogP contribution is 2.22. The number of ketones is 1. The molecule has 0 radical (unpaired) electrons. The van der Waals surface area contributed by atoms with Crippen LogP contribution in [-0.2, 0) is 4.79 Å². The van der Waals surface area contributed by atoms with Crippen molar-refractivity contribution in [2.75, 3.05) is 0 Å². The minimum atomic E-state index is -0.242. The summed E-state index contributed by atoms with van der Waals surface area (Å²) in [5.41, 5.74) is 5.32. The van der Waals surface area contributed by atoms with Gasteiger partial charge in [0.1, 0.15) is 5.78 Å². The van der Waals surface area contributed by atoms with Gasteiger partial charge < -0.3 is 5.73 Å². The minimum absolute atomic E-state index is 0.110. The summed E-state index contributed by atoms with van der Waals surface area (Å²) in [4.78, 5) is 10.9. The van der Waals surface area contributed by atoms with Crippen LogP contribution < -0.4 is 5.73 Å². The third-order valence-electron chi connectivity index (χ3n) is 1.79. The Hall–Kier alpha value is -0.370. The van der Waals surface area contributed by atoms with E-state index >= 15 is 0 Å². The highest BCUT2D eigenvalue weighted by Gasteiger charge is 2.24. The van der Waals surface area contributed by atoms with Gasteiger partial charge in [-0.05, 0) is 20.3 Å². The Kier molecular flexibility index (Phi) is 3.03. The SMILES string of the molecule is CC(=O)C(C)(C)C[C@H](C)N. The van der Waals surface area contributed by atoms with Crippen LogP contribution in [0, 0.1) is 5.41 Å². The molecule has 0 unspecified atom stereocenters. The second kappa shape index (κ2) is 3.15. The van der Waals surface area contributed by atoms with Gasteiger partial charge in [-0.1, -0.05) is 13.8 Å². The topological polar surface area (TPSA) is 43.1 Å². The van der Waals surface area contributed by atoms with Gasteiger partial charge in [0.25, 0.3) is 0 Å². The Balaban J connectivity index is 4.00. The maximum atomic E-state index is 10.9. The van der Waals surface area contributed by atoms with Crippen molar-refractivity contribution >= 4 is 5.78 Å². The first kappa shape index (κ1) is 9.63. The molecule has 0 aromatic heterocycles. The Labute approximate surface area is 62.8 Å². The molecule has 1 atom stereocenters. The molecule has 0 aliphatic carbocycles. The highest BCUT2D eigenvalue weighted by atomic mass is 16.1. The third kappa shape index (κ3) is 2.97. The maximum Gasteiger partial charge on any atom is 0.135 e. The number of rotatable bonds is 3. The van der Waals surface area contributed by atoms with Crippen LogP contribution in [0.3, 0.4) is 0 Å². The highest BCUT2D eigenvalue weighted by molar-refractivity contribution is 5.81. The smallest absolute Gasteiger partial charge is 0.135 e. The molecule has 2 heteroatoms. The van der Waals surface area contributed by atoms with Gasteiger partial charge in [0.2, 0.25) is 0 Å². The zero-order chi connectivity index (χ0) is 8.36. The van der Waals surface area contributed by atoms with E-state index in [9.17, 15) is 4.79 Å². The molecule has 0 saturated carbocycles. The molecule has 0 bridgehead atoms. The molecule has 0 fully saturated rings. The largest absolute Gasteiger partial charge is 0.328 e. The van der Waals surface area contributed by atoms with E-state index < -0.39 is 0 Å². The first-order chi connectivity index (χ1) is 4.36. The van der Waals surface area contributed by atoms with Crippen LogP contribution >= 0.6 is 0 Å². The number of nitrogens with two attached hydrogens (primary N) is 1. The normalized spacial score (nSPS) is 14.9. The second-order valence-electron chi connectivity index (χ2n) is 3.62. The Morgan fingerprint density at radius 3 is 2.10 bits per heavy atom. The zero-order valence-electron chi connectivity index (χ0n) is 7.27. The Morgan fingerprint density at radius 2 is 2.00 bits per heavy atom. The molecule has 0 aromatic rings. The lowest BCUT2D eigenvalue weighted by atomic mass is 9.83. The minimum Gasteiger partial charge on any atom is -0.328 e. The molecule has 2 N–H and O–H groups in total. The molecule has 0 rings (SSSR count). The summed E-state index contributed by atoms with van der Waals surface area (Å²) in [6, 6.07) is 0.110. The van der Waals surface area contributed by atoms with Crippen LogP contribution in [0.25, 0.3) is 0 Å². The predicted molar refractivity (Wildman–Crippen MR) is 42.7 cm³/mol. The van der Waals surface area contributed by atoms with Crippen molar-refractivity contribution in [3.05, 3.63) is 0 Å². The van der Waals surface area contributed by atoms with Crippen LogP contribution in [-0.4, -0.2) is 11.8 Å². The molecule has 0 amide bonds. The van der Waals surface area contributed by atoms with Gasteiger partial charge in [-0.2, -0.15) is 0 Å². The molecule has 0 aromatic carbocycles. The van der Waals surface area contributed by atoms with Crippen molar-refractivity contribution < 1.29 is 4.79 Å². The van der Waals surface area contributed by atoms with Crippen molar-refractivity contribution in [1.29, 1.82) is 0 Å². The van der Waals surface area contributed by atoms with E-state index in [2.05, 4.69) is 0 Å². The van der Waals surface area contributed by atoms with Crippen molar-refractivity contribution in [2.45, 2.75) is 40.2 Å². The Morgan fingerprint density at radius 1 is 1.60 bits per heavy atom. The van der Waals surface area contributed by atoms with Gasteiger partial charge in [0, 0.05) is 11.5 Å². The van der Waals surface area contributed by atoms with Crippen LogP contribution in [0.15, 0.2) is 0 Å². The summed E-state index contributed by atoms with van der Waals surface area (Å²) >= 11 is 0. The average molecular weight is 143 g/mol. The third-order valence-corrected chi connectivity index (χ3v) is 1.79. The number of hydrogen-bond donors (Lipinski definition) is 1. The lowest BCUT2D eigenvalue weighted by Crippen LogP contribution is -2.30. The van der Waals surface area contributed by atoms with Crippen LogP contribution in [0.4, 0.5) is 0 Å². The van der Waals surface area contributed by atoms with E-state index in [0.29, 0.717) is 0 Å². The van der Waals surface area contributed by atoms with Gasteiger partial charge in [-0.3, -0.25) is 4.79 Å². The second-order valence-corrected chi connectivity index (χ2v) is 3.62. The number of carbonyl (C=O) groups is 1. The molecule has 0 aliphatic rings. The van der Waals surface area contributed by atoms with E-state index in [-0.39, 0.29) is 17.2 Å². The summed E-state index contributed by atoms with van der Waals surface area (Å²) in [6.07, 6.45) is 0.766. The van der Waals surface area contributed by atoms with Crippen molar-refractivity contribution in [1.82, 2.24) is 0 Å². The quantitative estimate of drug-likeness (QED) is 0.647. The fourth-order valence-corrected chi connectivity index (χ4v) is 0.949. The van der Waals surface area contributed by atoms with Gasteiger partial charge in [-0.15, -0.1) is 0 Å². The monoisotopic (exact) mass is 143 g/mol. The van der Waals surface area contributed by atoms with Crippen LogP contribution in [0.5, 0.6) is 0 Å². The fourth-order valence-electron chi connectivity index (χ4n) is 0.949. The molecule has 0 saturated heterocycles. The van der Waals surface area contributed by atoms with E-state index in [1.54, 1.807) is 6.92 Å². The number of carbonyl (C=O) groups excluding carboxylic acids is 1. The average Bonchev–Trinajstić information content (AvgIpc) is 1.60. The molecule has 2 nitrogen and oxygen atoms in total. The zero-order valence-corrected chi connectivity index (χ0v) is 7.27. The van der Waals surface area contributed by atoms with E-state index in [0.717, 1.165) is 6.42 Å². The van der Waals surface area contributed by atoms with Crippen molar-refractivity contribution in [3.63, 3.8) is 0 Å². The molecule has 0 heterocycles. The van der Waals surface area contributed by atoms with E-state index in [1.165, 1.54) is 0 Å². The van der Waals surface area contributed by atoms with Gasteiger partial charge in [0.15, 0.2) is 0 Å². The van der Waals surface area contributed by atoms with Crippen LogP contribution in [0.1, 0.15) is 34.1 Å². The molecule has 0 aliphatic heterocycles. The summed E-state index contributed by atoms with van der Waals surface area (Å²) in [6.45, 7) is 7.39. The van der Waals surface area contributed by atoms with Gasteiger partial charge >= 0.3 is 0 Å². The van der Waals surface area contributed by atoms with Crippen LogP contribution in [0.2, 0.25) is 0 Å². The summed E-state index contributed by atoms with van der Waals surface area (Å²) in [5, 5.41) is 0. The van der Waals surface area contributed by atoms with Gasteiger partial charge in [0.05, 0.1) is 0 Å². The molecular weight excluding hydrogens is 126 g/mol. The van der Waals surface area contributed by atoms with Crippen molar-refractivity contribution in [2.24, 2.45) is 11.1 Å². The standard InChI is InChI=1S/C8H17NO/c1-6(9)5-8(3,4)7(2)10/h6H,5,9H2,1-4H3/t6-/m0/s1. The first-order valence-electron chi connectivity index (χ1n) is 3.63. The Bertz CT molecular complexity index is 127. The maximum absolute atomic E-state index is 10.9. The lowest BCUT2D eigenvalue weighted by Gasteiger charge is -2.22. The van der Waals surface area contributed by atoms with E-state index in [1.807, 2.05) is 20.8 Å². The summed E-state index contributed by atoms with van der Waals surface area (Å²) in [5.74, 6) is 0.213. The number of hydrogen-bond acceptors (Lipinski definition) is 2. The lowest BCUT2D eigenvalue weighted by molar-refractivity contribution is -0.125. The molecule has 60 valence electrons. The molecule has 0 spiro atoms. The first-order valence-corrected chi connectivity index (χ1v) is 3.63.